The smallest absolute Gasteiger partial charge is 0.223 e. The molecule has 1 amide bonds. The van der Waals surface area contributed by atoms with E-state index in [0.29, 0.717) is 13.1 Å². The van der Waals surface area contributed by atoms with E-state index in [1.54, 1.807) is 17.3 Å². The zero-order valence-electron chi connectivity index (χ0n) is 9.91. The van der Waals surface area contributed by atoms with Gasteiger partial charge in [0.1, 0.15) is 0 Å². The van der Waals surface area contributed by atoms with E-state index in [2.05, 4.69) is 17.0 Å². The molecule has 0 aromatic carbocycles. The lowest BCUT2D eigenvalue weighted by molar-refractivity contribution is -0.127. The third-order valence-electron chi connectivity index (χ3n) is 3.12. The normalized spacial score (nSPS) is 14.4. The minimum Gasteiger partial charge on any atom is -0.338 e. The molecule has 0 bridgehead atoms. The Balaban J connectivity index is 1.92. The first-order valence-corrected chi connectivity index (χ1v) is 5.83. The number of aromatic nitrogens is 3. The molecular formula is C13H13N4O. The Morgan fingerprint density at radius 2 is 2.33 bits per heavy atom. The maximum atomic E-state index is 11.3. The van der Waals surface area contributed by atoms with Gasteiger partial charge in [-0.25, -0.2) is 4.68 Å². The average Bonchev–Trinajstić information content (AvgIpc) is 2.82. The van der Waals surface area contributed by atoms with E-state index in [-0.39, 0.29) is 5.91 Å². The summed E-state index contributed by atoms with van der Waals surface area (Å²) in [6.07, 6.45) is 6.24. The third-order valence-corrected chi connectivity index (χ3v) is 3.12. The largest absolute Gasteiger partial charge is 0.338 e. The van der Waals surface area contributed by atoms with Crippen LogP contribution in [0.2, 0.25) is 0 Å². The van der Waals surface area contributed by atoms with Crippen LogP contribution in [0.4, 0.5) is 0 Å². The second kappa shape index (κ2) is 4.25. The third kappa shape index (κ3) is 1.88. The quantitative estimate of drug-likeness (QED) is 0.748. The zero-order valence-corrected chi connectivity index (χ0v) is 9.91. The lowest BCUT2D eigenvalue weighted by Crippen LogP contribution is -2.34. The van der Waals surface area contributed by atoms with Crippen LogP contribution in [0.1, 0.15) is 11.3 Å². The highest BCUT2D eigenvalue weighted by atomic mass is 16.2. The predicted molar refractivity (Wildman–Crippen MR) is 65.8 cm³/mol. The number of rotatable bonds is 1. The number of fused-ring (bicyclic) bond motifs is 1. The topological polar surface area (TPSA) is 51.0 Å². The minimum atomic E-state index is -0.130. The van der Waals surface area contributed by atoms with Crippen LogP contribution in [-0.4, -0.2) is 32.1 Å². The first-order valence-electron chi connectivity index (χ1n) is 5.83. The number of amides is 1. The van der Waals surface area contributed by atoms with Gasteiger partial charge in [0.25, 0.3) is 0 Å². The van der Waals surface area contributed by atoms with Gasteiger partial charge in [-0.1, -0.05) is 0 Å². The highest BCUT2D eigenvalue weighted by molar-refractivity contribution is 5.80. The second-order valence-corrected chi connectivity index (χ2v) is 4.32. The molecule has 2 aromatic rings. The van der Waals surface area contributed by atoms with Crippen LogP contribution in [0.25, 0.3) is 5.69 Å². The Morgan fingerprint density at radius 1 is 1.44 bits per heavy atom. The van der Waals surface area contributed by atoms with Crippen LogP contribution in [0.5, 0.6) is 0 Å². The lowest BCUT2D eigenvalue weighted by Gasteiger charge is -2.24. The summed E-state index contributed by atoms with van der Waals surface area (Å²) < 4.78 is 1.81. The highest BCUT2D eigenvalue weighted by Crippen LogP contribution is 2.19. The lowest BCUT2D eigenvalue weighted by atomic mass is 10.1. The summed E-state index contributed by atoms with van der Waals surface area (Å²) in [6, 6.07) is 3.83. The monoisotopic (exact) mass is 241 g/mol. The average molecular weight is 241 g/mol. The Kier molecular flexibility index (Phi) is 2.59. The summed E-state index contributed by atoms with van der Waals surface area (Å²) >= 11 is 0. The van der Waals surface area contributed by atoms with Gasteiger partial charge >= 0.3 is 0 Å². The molecule has 0 spiro atoms. The van der Waals surface area contributed by atoms with Crippen LogP contribution in [-0.2, 0) is 17.8 Å². The predicted octanol–water partition coefficient (Wildman–Crippen LogP) is 0.986. The molecule has 91 valence electrons. The summed E-state index contributed by atoms with van der Waals surface area (Å²) in [5.74, 6) is -0.130. The standard InChI is InChI=1S/C13H13N4O/c1-10(18)16-6-4-13-11(8-16)9-17(15-13)12-3-2-5-14-7-12/h2-3,5,7,9H,1,4,6,8H2. The number of carbonyl (C=O) groups excluding carboxylic acids is 1. The van der Waals surface area contributed by atoms with Crippen molar-refractivity contribution in [3.63, 3.8) is 0 Å². The fraction of sp³-hybridized carbons (Fsp3) is 0.231. The molecule has 1 aliphatic rings. The van der Waals surface area contributed by atoms with Gasteiger partial charge in [0, 0.05) is 44.4 Å². The minimum absolute atomic E-state index is 0.130. The van der Waals surface area contributed by atoms with Crippen LogP contribution < -0.4 is 0 Å². The van der Waals surface area contributed by atoms with Gasteiger partial charge in [0.05, 0.1) is 17.6 Å². The Hall–Kier alpha value is -2.17. The Labute approximate surface area is 105 Å². The molecule has 3 rings (SSSR count). The fourth-order valence-electron chi connectivity index (χ4n) is 2.15. The van der Waals surface area contributed by atoms with Crippen LogP contribution in [0.3, 0.4) is 0 Å². The van der Waals surface area contributed by atoms with Gasteiger partial charge < -0.3 is 4.90 Å². The molecule has 18 heavy (non-hydrogen) atoms. The molecule has 0 unspecified atom stereocenters. The molecule has 3 heterocycles. The Bertz CT molecular complexity index is 576. The molecule has 5 nitrogen and oxygen atoms in total. The molecule has 0 fully saturated rings. The first kappa shape index (κ1) is 11.0. The number of pyridine rings is 1. The van der Waals surface area contributed by atoms with Gasteiger partial charge in [-0.2, -0.15) is 5.10 Å². The van der Waals surface area contributed by atoms with E-state index in [1.807, 2.05) is 23.0 Å². The van der Waals surface area contributed by atoms with Crippen molar-refractivity contribution in [2.24, 2.45) is 0 Å². The van der Waals surface area contributed by atoms with E-state index in [0.717, 1.165) is 23.4 Å². The van der Waals surface area contributed by atoms with E-state index < -0.39 is 0 Å². The number of nitrogens with zero attached hydrogens (tertiary/aromatic N) is 4. The van der Waals surface area contributed by atoms with Crippen molar-refractivity contribution in [3.05, 3.63) is 48.9 Å². The van der Waals surface area contributed by atoms with Crippen molar-refractivity contribution in [2.45, 2.75) is 13.0 Å². The van der Waals surface area contributed by atoms with Gasteiger partial charge in [0.2, 0.25) is 5.91 Å². The van der Waals surface area contributed by atoms with Gasteiger partial charge in [-0.3, -0.25) is 9.78 Å². The first-order chi connectivity index (χ1) is 8.74. The molecule has 5 heteroatoms. The van der Waals surface area contributed by atoms with Crippen LogP contribution in [0.15, 0.2) is 30.7 Å². The van der Waals surface area contributed by atoms with Crippen LogP contribution in [0, 0.1) is 6.92 Å². The maximum absolute atomic E-state index is 11.3. The molecule has 0 saturated carbocycles. The van der Waals surface area contributed by atoms with Crippen molar-refractivity contribution in [1.29, 1.82) is 0 Å². The van der Waals surface area contributed by atoms with Crippen molar-refractivity contribution in [2.75, 3.05) is 6.54 Å². The van der Waals surface area contributed by atoms with Crippen molar-refractivity contribution in [3.8, 4) is 5.69 Å². The number of hydrogen-bond acceptors (Lipinski definition) is 3. The van der Waals surface area contributed by atoms with Gasteiger partial charge in [0.15, 0.2) is 0 Å². The summed E-state index contributed by atoms with van der Waals surface area (Å²) in [4.78, 5) is 17.1. The summed E-state index contributed by atoms with van der Waals surface area (Å²) in [6.45, 7) is 4.74. The van der Waals surface area contributed by atoms with Gasteiger partial charge in [-0.15, -0.1) is 0 Å². The molecule has 0 N–H and O–H groups in total. The van der Waals surface area contributed by atoms with E-state index in [4.69, 9.17) is 0 Å². The summed E-state index contributed by atoms with van der Waals surface area (Å²) in [7, 11) is 0. The van der Waals surface area contributed by atoms with E-state index >= 15 is 0 Å². The number of hydrogen-bond donors (Lipinski definition) is 0. The summed E-state index contributed by atoms with van der Waals surface area (Å²) in [5.41, 5.74) is 3.07. The van der Waals surface area contributed by atoms with Crippen molar-refractivity contribution in [1.82, 2.24) is 19.7 Å². The van der Waals surface area contributed by atoms with E-state index in [1.165, 1.54) is 0 Å². The number of carbonyl (C=O) groups is 1. The molecule has 2 aromatic heterocycles. The SMILES string of the molecule is [CH2]C(=O)N1CCc2nn(-c3cccnc3)cc2C1. The molecule has 0 atom stereocenters. The molecule has 0 aliphatic carbocycles. The summed E-state index contributed by atoms with van der Waals surface area (Å²) in [5, 5.41) is 4.53. The van der Waals surface area contributed by atoms with Crippen LogP contribution >= 0.6 is 0 Å². The fourth-order valence-corrected chi connectivity index (χ4v) is 2.15. The molecular weight excluding hydrogens is 228 g/mol. The highest BCUT2D eigenvalue weighted by Gasteiger charge is 2.21. The Morgan fingerprint density at radius 3 is 3.06 bits per heavy atom. The molecule has 0 saturated heterocycles. The zero-order chi connectivity index (χ0) is 12.5. The molecule has 1 radical (unpaired) electrons. The van der Waals surface area contributed by atoms with E-state index in [9.17, 15) is 4.79 Å². The van der Waals surface area contributed by atoms with Crippen molar-refractivity contribution < 1.29 is 4.79 Å². The molecule has 1 aliphatic heterocycles. The second-order valence-electron chi connectivity index (χ2n) is 4.32. The van der Waals surface area contributed by atoms with Gasteiger partial charge in [-0.05, 0) is 12.1 Å². The van der Waals surface area contributed by atoms with Crippen molar-refractivity contribution >= 4 is 5.91 Å². The maximum Gasteiger partial charge on any atom is 0.223 e.